The van der Waals surface area contributed by atoms with E-state index in [0.717, 1.165) is 17.7 Å². The third-order valence-electron chi connectivity index (χ3n) is 4.60. The first-order valence-corrected chi connectivity index (χ1v) is 9.07. The molecule has 0 saturated carbocycles. The molecular formula is C21H17F3N2O3. The second kappa shape index (κ2) is 7.62. The van der Waals surface area contributed by atoms with Crippen LogP contribution in [0.3, 0.4) is 0 Å². The van der Waals surface area contributed by atoms with Gasteiger partial charge in [-0.15, -0.1) is 13.2 Å². The van der Waals surface area contributed by atoms with Crippen LogP contribution in [0.15, 0.2) is 54.6 Å². The van der Waals surface area contributed by atoms with Gasteiger partial charge in [-0.05, 0) is 30.5 Å². The maximum atomic E-state index is 12.9. The summed E-state index contributed by atoms with van der Waals surface area (Å²) >= 11 is 0. The van der Waals surface area contributed by atoms with Crippen LogP contribution in [0.4, 0.5) is 13.2 Å². The number of ether oxygens (including phenoxy) is 2. The topological polar surface area (TPSA) is 53.4 Å². The van der Waals surface area contributed by atoms with Crippen molar-refractivity contribution in [1.82, 2.24) is 9.78 Å². The monoisotopic (exact) mass is 402 g/mol. The van der Waals surface area contributed by atoms with Gasteiger partial charge in [0.1, 0.15) is 23.6 Å². The van der Waals surface area contributed by atoms with E-state index in [1.807, 2.05) is 30.3 Å². The molecule has 0 radical (unpaired) electrons. The van der Waals surface area contributed by atoms with Gasteiger partial charge in [0.15, 0.2) is 0 Å². The lowest BCUT2D eigenvalue weighted by Gasteiger charge is -2.10. The molecule has 1 aliphatic heterocycles. The Hall–Kier alpha value is -3.29. The van der Waals surface area contributed by atoms with Crippen LogP contribution in [0.2, 0.25) is 0 Å². The highest BCUT2D eigenvalue weighted by molar-refractivity contribution is 5.97. The Morgan fingerprint density at radius 3 is 2.66 bits per heavy atom. The Labute approximate surface area is 164 Å². The van der Waals surface area contributed by atoms with Crippen molar-refractivity contribution in [2.24, 2.45) is 0 Å². The highest BCUT2D eigenvalue weighted by Crippen LogP contribution is 2.33. The average Bonchev–Trinajstić information content (AvgIpc) is 3.27. The Bertz CT molecular complexity index is 1030. The summed E-state index contributed by atoms with van der Waals surface area (Å²) in [4.78, 5) is 12.9. The number of carbonyl (C=O) groups excluding carboxylic acids is 1. The molecule has 0 atom stereocenters. The molecule has 1 aromatic heterocycles. The summed E-state index contributed by atoms with van der Waals surface area (Å²) in [5, 5.41) is 4.45. The molecule has 0 N–H and O–H groups in total. The van der Waals surface area contributed by atoms with Gasteiger partial charge in [-0.2, -0.15) is 5.10 Å². The lowest BCUT2D eigenvalue weighted by atomic mass is 10.0. The second-order valence-electron chi connectivity index (χ2n) is 6.63. The lowest BCUT2D eigenvalue weighted by Crippen LogP contribution is -2.17. The number of halogens is 3. The molecule has 150 valence electrons. The van der Waals surface area contributed by atoms with Crippen molar-refractivity contribution in [3.63, 3.8) is 0 Å². The molecular weight excluding hydrogens is 385 g/mol. The zero-order valence-corrected chi connectivity index (χ0v) is 15.3. The van der Waals surface area contributed by atoms with E-state index < -0.39 is 12.3 Å². The van der Waals surface area contributed by atoms with Crippen molar-refractivity contribution in [2.45, 2.75) is 32.4 Å². The largest absolute Gasteiger partial charge is 0.573 e. The number of hydrogen-bond acceptors (Lipinski definition) is 4. The van der Waals surface area contributed by atoms with E-state index in [-0.39, 0.29) is 12.4 Å². The zero-order valence-electron chi connectivity index (χ0n) is 15.3. The SMILES string of the molecule is O=C(OCc1ccccc1)c1c(-c2cccc(OC(F)(F)F)c2)nn2c1CCC2. The summed E-state index contributed by atoms with van der Waals surface area (Å²) in [5.41, 5.74) is 2.53. The summed E-state index contributed by atoms with van der Waals surface area (Å²) in [6.45, 7) is 0.744. The summed E-state index contributed by atoms with van der Waals surface area (Å²) in [7, 11) is 0. The van der Waals surface area contributed by atoms with Crippen molar-refractivity contribution in [2.75, 3.05) is 0 Å². The van der Waals surface area contributed by atoms with Crippen molar-refractivity contribution in [1.29, 1.82) is 0 Å². The highest BCUT2D eigenvalue weighted by atomic mass is 19.4. The molecule has 0 saturated heterocycles. The number of fused-ring (bicyclic) bond motifs is 1. The van der Waals surface area contributed by atoms with Gasteiger partial charge < -0.3 is 9.47 Å². The Morgan fingerprint density at radius 2 is 1.90 bits per heavy atom. The van der Waals surface area contributed by atoms with E-state index in [4.69, 9.17) is 4.74 Å². The van der Waals surface area contributed by atoms with Gasteiger partial charge in [0, 0.05) is 12.1 Å². The third-order valence-corrected chi connectivity index (χ3v) is 4.60. The van der Waals surface area contributed by atoms with Gasteiger partial charge in [0.25, 0.3) is 0 Å². The smallest absolute Gasteiger partial charge is 0.457 e. The highest BCUT2D eigenvalue weighted by Gasteiger charge is 2.32. The normalized spacial score (nSPS) is 13.2. The van der Waals surface area contributed by atoms with Crippen LogP contribution < -0.4 is 4.74 Å². The van der Waals surface area contributed by atoms with Crippen LogP contribution in [0.25, 0.3) is 11.3 Å². The van der Waals surface area contributed by atoms with Crippen molar-refractivity contribution < 1.29 is 27.4 Å². The van der Waals surface area contributed by atoms with E-state index in [1.54, 1.807) is 10.7 Å². The molecule has 1 aliphatic rings. The summed E-state index contributed by atoms with van der Waals surface area (Å²) in [6, 6.07) is 14.7. The molecule has 0 amide bonds. The minimum Gasteiger partial charge on any atom is -0.457 e. The molecule has 4 rings (SSSR count). The van der Waals surface area contributed by atoms with Crippen molar-refractivity contribution >= 4 is 5.97 Å². The fourth-order valence-electron chi connectivity index (χ4n) is 3.38. The van der Waals surface area contributed by atoms with Gasteiger partial charge in [-0.1, -0.05) is 42.5 Å². The molecule has 2 aromatic carbocycles. The van der Waals surface area contributed by atoms with E-state index in [9.17, 15) is 18.0 Å². The maximum absolute atomic E-state index is 12.9. The summed E-state index contributed by atoms with van der Waals surface area (Å²) in [6.07, 6.45) is -3.30. The first-order valence-electron chi connectivity index (χ1n) is 9.07. The predicted molar refractivity (Wildman–Crippen MR) is 98.2 cm³/mol. The van der Waals surface area contributed by atoms with Gasteiger partial charge in [-0.25, -0.2) is 4.79 Å². The number of carbonyl (C=O) groups is 1. The van der Waals surface area contributed by atoms with Crippen LogP contribution in [0, 0.1) is 0 Å². The van der Waals surface area contributed by atoms with Crippen LogP contribution in [0.1, 0.15) is 28.0 Å². The molecule has 3 aromatic rings. The number of aromatic nitrogens is 2. The standard InChI is InChI=1S/C21H17F3N2O3/c22-21(23,24)29-16-9-4-8-15(12-16)19-18(17-10-5-11-26(17)25-19)20(27)28-13-14-6-2-1-3-7-14/h1-4,6-9,12H,5,10-11,13H2. The Morgan fingerprint density at radius 1 is 1.10 bits per heavy atom. The number of aryl methyl sites for hydroxylation is 1. The quantitative estimate of drug-likeness (QED) is 0.578. The van der Waals surface area contributed by atoms with Crippen LogP contribution in [0.5, 0.6) is 5.75 Å². The van der Waals surface area contributed by atoms with E-state index in [1.165, 1.54) is 18.2 Å². The van der Waals surface area contributed by atoms with Crippen LogP contribution >= 0.6 is 0 Å². The molecule has 0 fully saturated rings. The van der Waals surface area contributed by atoms with E-state index >= 15 is 0 Å². The molecule has 0 spiro atoms. The Kier molecular flexibility index (Phi) is 5.00. The molecule has 2 heterocycles. The van der Waals surface area contributed by atoms with E-state index in [0.29, 0.717) is 29.8 Å². The third kappa shape index (κ3) is 4.26. The molecule has 5 nitrogen and oxygen atoms in total. The molecule has 29 heavy (non-hydrogen) atoms. The number of nitrogens with zero attached hydrogens (tertiary/aromatic N) is 2. The Balaban J connectivity index is 1.65. The van der Waals surface area contributed by atoms with E-state index in [2.05, 4.69) is 9.84 Å². The number of rotatable bonds is 5. The number of benzene rings is 2. The van der Waals surface area contributed by atoms with Gasteiger partial charge >= 0.3 is 12.3 Å². The maximum Gasteiger partial charge on any atom is 0.573 e. The van der Waals surface area contributed by atoms with Gasteiger partial charge in [-0.3, -0.25) is 4.68 Å². The summed E-state index contributed by atoms with van der Waals surface area (Å²) in [5.74, 6) is -0.916. The number of esters is 1. The molecule has 0 unspecified atom stereocenters. The molecule has 0 bridgehead atoms. The first kappa shape index (κ1) is 19.0. The summed E-state index contributed by atoms with van der Waals surface area (Å²) < 4.78 is 48.9. The van der Waals surface area contributed by atoms with Gasteiger partial charge in [0.2, 0.25) is 0 Å². The van der Waals surface area contributed by atoms with Crippen LogP contribution in [-0.2, 0) is 24.3 Å². The molecule has 8 heteroatoms. The lowest BCUT2D eigenvalue weighted by molar-refractivity contribution is -0.274. The predicted octanol–water partition coefficient (Wildman–Crippen LogP) is 4.75. The van der Waals surface area contributed by atoms with Crippen molar-refractivity contribution in [3.05, 3.63) is 71.4 Å². The minimum absolute atomic E-state index is 0.0982. The van der Waals surface area contributed by atoms with Crippen LogP contribution in [-0.4, -0.2) is 22.1 Å². The number of hydrogen-bond donors (Lipinski definition) is 0. The zero-order chi connectivity index (χ0) is 20.4. The number of alkyl halides is 3. The first-order chi connectivity index (χ1) is 13.9. The second-order valence-corrected chi connectivity index (χ2v) is 6.63. The average molecular weight is 402 g/mol. The van der Waals surface area contributed by atoms with Crippen molar-refractivity contribution in [3.8, 4) is 17.0 Å². The molecule has 0 aliphatic carbocycles. The minimum atomic E-state index is -4.80. The fourth-order valence-corrected chi connectivity index (χ4v) is 3.38. The fraction of sp³-hybridized carbons (Fsp3) is 0.238. The van der Waals surface area contributed by atoms with Gasteiger partial charge in [0.05, 0.1) is 5.69 Å².